The lowest BCUT2D eigenvalue weighted by Crippen LogP contribution is -2.30. The number of hydrogen-bond donors (Lipinski definition) is 2. The maximum atomic E-state index is 12.5. The number of anilines is 1. The normalized spacial score (nSPS) is 14.0. The molecule has 0 saturated heterocycles. The molecule has 1 amide bonds. The number of hydrogen-bond acceptors (Lipinski definition) is 3. The molecule has 27 heavy (non-hydrogen) atoms. The van der Waals surface area contributed by atoms with Crippen molar-refractivity contribution in [2.24, 2.45) is 0 Å². The lowest BCUT2D eigenvalue weighted by molar-refractivity contribution is 0.102. The molecule has 1 aromatic heterocycles. The monoisotopic (exact) mass is 400 g/mol. The van der Waals surface area contributed by atoms with Crippen LogP contribution in [0.4, 0.5) is 5.82 Å². The van der Waals surface area contributed by atoms with Crippen molar-refractivity contribution in [1.29, 1.82) is 0 Å². The summed E-state index contributed by atoms with van der Waals surface area (Å²) in [5, 5.41) is 11.0. The van der Waals surface area contributed by atoms with Crippen LogP contribution in [0.5, 0.6) is 0 Å². The van der Waals surface area contributed by atoms with Crippen LogP contribution in [0.25, 0.3) is 0 Å². The van der Waals surface area contributed by atoms with Crippen molar-refractivity contribution in [3.63, 3.8) is 0 Å². The van der Waals surface area contributed by atoms with E-state index < -0.39 is 0 Å². The topological polar surface area (TPSA) is 61.0 Å². The summed E-state index contributed by atoms with van der Waals surface area (Å²) >= 11 is 11.9. The number of aromatic nitrogens is 2. The van der Waals surface area contributed by atoms with Gasteiger partial charge in [0.15, 0.2) is 5.82 Å². The summed E-state index contributed by atoms with van der Waals surface area (Å²) in [5.74, 6) is 0.329. The van der Waals surface area contributed by atoms with Crippen molar-refractivity contribution >= 4 is 34.9 Å². The van der Waals surface area contributed by atoms with E-state index in [1.807, 2.05) is 6.07 Å². The summed E-state index contributed by atoms with van der Waals surface area (Å²) in [6.45, 7) is 2.58. The van der Waals surface area contributed by atoms with Crippen LogP contribution < -0.4 is 5.32 Å². The number of carbonyl (C=O) groups excluding carboxylic acids is 1. The minimum atomic E-state index is -0.255. The Labute approximate surface area is 167 Å². The molecule has 1 aliphatic heterocycles. The fourth-order valence-corrected chi connectivity index (χ4v) is 3.57. The molecule has 0 atom stereocenters. The molecule has 3 aromatic rings. The summed E-state index contributed by atoms with van der Waals surface area (Å²) in [5.41, 5.74) is 3.84. The molecule has 2 heterocycles. The smallest absolute Gasteiger partial charge is 0.256 e. The fraction of sp³-hybridized carbons (Fsp3) is 0.200. The van der Waals surface area contributed by atoms with Gasteiger partial charge in [0.05, 0.1) is 15.7 Å². The number of fused-ring (bicyclic) bond motifs is 1. The first-order valence-corrected chi connectivity index (χ1v) is 9.44. The number of nitrogens with one attached hydrogen (secondary N) is 2. The molecule has 0 fully saturated rings. The Bertz CT molecular complexity index is 971. The van der Waals surface area contributed by atoms with Crippen molar-refractivity contribution in [2.45, 2.75) is 19.5 Å². The Morgan fingerprint density at radius 1 is 1.15 bits per heavy atom. The Morgan fingerprint density at radius 3 is 2.74 bits per heavy atom. The van der Waals surface area contributed by atoms with Gasteiger partial charge in [-0.05, 0) is 30.2 Å². The maximum Gasteiger partial charge on any atom is 0.256 e. The molecule has 5 nitrogen and oxygen atoms in total. The van der Waals surface area contributed by atoms with Gasteiger partial charge in [-0.15, -0.1) is 0 Å². The van der Waals surface area contributed by atoms with Crippen LogP contribution in [-0.4, -0.2) is 27.5 Å². The number of rotatable bonds is 4. The second kappa shape index (κ2) is 7.72. The fourth-order valence-electron chi connectivity index (χ4n) is 3.27. The number of amides is 1. The van der Waals surface area contributed by atoms with Crippen molar-refractivity contribution < 1.29 is 4.79 Å². The number of H-pyrrole nitrogens is 1. The first-order chi connectivity index (χ1) is 13.1. The van der Waals surface area contributed by atoms with Crippen LogP contribution in [0.15, 0.2) is 48.5 Å². The van der Waals surface area contributed by atoms with Crippen LogP contribution in [0.1, 0.15) is 27.2 Å². The Morgan fingerprint density at radius 2 is 1.96 bits per heavy atom. The van der Waals surface area contributed by atoms with E-state index in [-0.39, 0.29) is 5.91 Å². The molecule has 0 bridgehead atoms. The zero-order valence-corrected chi connectivity index (χ0v) is 16.0. The van der Waals surface area contributed by atoms with Gasteiger partial charge in [-0.2, -0.15) is 5.10 Å². The Hall–Kier alpha value is -2.34. The van der Waals surface area contributed by atoms with Gasteiger partial charge in [-0.3, -0.25) is 14.8 Å². The van der Waals surface area contributed by atoms with Crippen LogP contribution in [-0.2, 0) is 19.5 Å². The van der Waals surface area contributed by atoms with E-state index in [0.717, 1.165) is 37.3 Å². The molecule has 0 aliphatic carbocycles. The van der Waals surface area contributed by atoms with E-state index in [1.54, 1.807) is 18.2 Å². The molecular formula is C20H18Cl2N4O. The predicted octanol–water partition coefficient (Wildman–Crippen LogP) is 4.53. The van der Waals surface area contributed by atoms with Gasteiger partial charge in [0.2, 0.25) is 0 Å². The number of carbonyl (C=O) groups is 1. The first kappa shape index (κ1) is 18.0. The van der Waals surface area contributed by atoms with E-state index >= 15 is 0 Å². The summed E-state index contributed by atoms with van der Waals surface area (Å²) in [6, 6.07) is 15.2. The largest absolute Gasteiger partial charge is 0.305 e. The standard InChI is InChI=1S/C20H18Cl2N4O/c21-16-7-6-14(10-17(16)22)20(27)23-19-15-8-9-26(12-18(15)24-25-19)11-13-4-2-1-3-5-13/h1-7,10H,8-9,11-12H2,(H2,23,24,25,27). The highest BCUT2D eigenvalue weighted by molar-refractivity contribution is 6.42. The molecule has 0 radical (unpaired) electrons. The summed E-state index contributed by atoms with van der Waals surface area (Å²) in [6.07, 6.45) is 0.829. The highest BCUT2D eigenvalue weighted by atomic mass is 35.5. The van der Waals surface area contributed by atoms with E-state index in [0.29, 0.717) is 21.4 Å². The second-order valence-electron chi connectivity index (χ2n) is 6.56. The van der Waals surface area contributed by atoms with Gasteiger partial charge in [0.1, 0.15) is 0 Å². The lowest BCUT2D eigenvalue weighted by Gasteiger charge is -2.26. The molecule has 2 aromatic carbocycles. The van der Waals surface area contributed by atoms with E-state index in [4.69, 9.17) is 23.2 Å². The number of aromatic amines is 1. The van der Waals surface area contributed by atoms with Gasteiger partial charge < -0.3 is 5.32 Å². The second-order valence-corrected chi connectivity index (χ2v) is 7.37. The van der Waals surface area contributed by atoms with Crippen LogP contribution in [0.3, 0.4) is 0 Å². The molecule has 7 heteroatoms. The predicted molar refractivity (Wildman–Crippen MR) is 107 cm³/mol. The van der Waals surface area contributed by atoms with Crippen LogP contribution in [0.2, 0.25) is 10.0 Å². The van der Waals surface area contributed by atoms with Crippen LogP contribution in [0, 0.1) is 0 Å². The van der Waals surface area contributed by atoms with Gasteiger partial charge >= 0.3 is 0 Å². The van der Waals surface area contributed by atoms with Gasteiger partial charge in [-0.1, -0.05) is 53.5 Å². The van der Waals surface area contributed by atoms with Crippen molar-refractivity contribution in [1.82, 2.24) is 15.1 Å². The molecule has 4 rings (SSSR count). The highest BCUT2D eigenvalue weighted by Gasteiger charge is 2.23. The third-order valence-electron chi connectivity index (χ3n) is 4.68. The van der Waals surface area contributed by atoms with E-state index in [9.17, 15) is 4.79 Å². The van der Waals surface area contributed by atoms with Crippen molar-refractivity contribution in [3.8, 4) is 0 Å². The van der Waals surface area contributed by atoms with Crippen LogP contribution >= 0.6 is 23.2 Å². The third kappa shape index (κ3) is 4.00. The molecule has 1 aliphatic rings. The molecular weight excluding hydrogens is 383 g/mol. The van der Waals surface area contributed by atoms with E-state index in [1.165, 1.54) is 5.56 Å². The van der Waals surface area contributed by atoms with Crippen molar-refractivity contribution in [2.75, 3.05) is 11.9 Å². The molecule has 0 saturated carbocycles. The lowest BCUT2D eigenvalue weighted by atomic mass is 10.1. The van der Waals surface area contributed by atoms with Gasteiger partial charge in [0, 0.05) is 30.8 Å². The Kier molecular flexibility index (Phi) is 5.16. The van der Waals surface area contributed by atoms with Crippen molar-refractivity contribution in [3.05, 3.63) is 81.0 Å². The zero-order valence-electron chi connectivity index (χ0n) is 14.5. The van der Waals surface area contributed by atoms with E-state index in [2.05, 4.69) is 44.7 Å². The average Bonchev–Trinajstić information content (AvgIpc) is 3.07. The average molecular weight is 401 g/mol. The number of nitrogens with zero attached hydrogens (tertiary/aromatic N) is 2. The van der Waals surface area contributed by atoms with Gasteiger partial charge in [-0.25, -0.2) is 0 Å². The zero-order chi connectivity index (χ0) is 18.8. The molecule has 0 unspecified atom stereocenters. The minimum absolute atomic E-state index is 0.255. The molecule has 138 valence electrons. The summed E-state index contributed by atoms with van der Waals surface area (Å²) < 4.78 is 0. The minimum Gasteiger partial charge on any atom is -0.305 e. The summed E-state index contributed by atoms with van der Waals surface area (Å²) in [4.78, 5) is 14.9. The number of benzene rings is 2. The summed E-state index contributed by atoms with van der Waals surface area (Å²) in [7, 11) is 0. The molecule has 0 spiro atoms. The SMILES string of the molecule is O=C(Nc1n[nH]c2c1CCN(Cc1ccccc1)C2)c1ccc(Cl)c(Cl)c1. The highest BCUT2D eigenvalue weighted by Crippen LogP contribution is 2.26. The third-order valence-corrected chi connectivity index (χ3v) is 5.41. The number of halogens is 2. The molecule has 2 N–H and O–H groups in total. The Balaban J connectivity index is 1.45. The maximum absolute atomic E-state index is 12.5. The van der Waals surface area contributed by atoms with Gasteiger partial charge in [0.25, 0.3) is 5.91 Å². The first-order valence-electron chi connectivity index (χ1n) is 8.69. The quantitative estimate of drug-likeness (QED) is 0.676.